The summed E-state index contributed by atoms with van der Waals surface area (Å²) < 4.78 is 31.0. The van der Waals surface area contributed by atoms with E-state index in [4.69, 9.17) is 19.2 Å². The smallest absolute Gasteiger partial charge is 0.306 e. The Morgan fingerprint density at radius 2 is 2.00 bits per heavy atom. The Morgan fingerprint density at radius 1 is 1.19 bits per heavy atom. The molecule has 2 heterocycles. The molecule has 1 aliphatic carbocycles. The second-order valence-electron chi connectivity index (χ2n) is 9.34. The number of benzene rings is 1. The molecule has 7 nitrogen and oxygen atoms in total. The lowest BCUT2D eigenvalue weighted by Gasteiger charge is -2.17. The number of aromatic nitrogens is 3. The van der Waals surface area contributed by atoms with Gasteiger partial charge in [-0.3, -0.25) is 9.78 Å². The van der Waals surface area contributed by atoms with E-state index in [2.05, 4.69) is 9.97 Å². The van der Waals surface area contributed by atoms with Gasteiger partial charge < -0.3 is 14.2 Å². The van der Waals surface area contributed by atoms with E-state index in [9.17, 15) is 9.18 Å². The van der Waals surface area contributed by atoms with Crippen LogP contribution in [0.15, 0.2) is 48.3 Å². The summed E-state index contributed by atoms with van der Waals surface area (Å²) in [7, 11) is 1.48. The molecule has 1 saturated carbocycles. The standard InChI is InChI=1S/C29H32FN3O4/c1-5-36-28(34)14-23(19-9-10-19)20-7-6-8-22(12-20)37-17-21-15-32-29(26(33-21)11-18(2)3)24-13-27(35-4)31-16-25(24)30/h6-8,11-13,15-16,19,23H,5,9-10,14,17H2,1-4H3. The molecule has 1 aliphatic rings. The van der Waals surface area contributed by atoms with Crippen LogP contribution in [0.4, 0.5) is 4.39 Å². The number of hydrogen-bond donors (Lipinski definition) is 0. The molecule has 0 radical (unpaired) electrons. The van der Waals surface area contributed by atoms with Crippen LogP contribution in [0.2, 0.25) is 0 Å². The van der Waals surface area contributed by atoms with Crippen molar-refractivity contribution in [2.75, 3.05) is 13.7 Å². The molecule has 1 atom stereocenters. The lowest BCUT2D eigenvalue weighted by atomic mass is 9.91. The molecule has 8 heteroatoms. The number of esters is 1. The van der Waals surface area contributed by atoms with E-state index in [1.165, 1.54) is 13.2 Å². The summed E-state index contributed by atoms with van der Waals surface area (Å²) >= 11 is 0. The largest absolute Gasteiger partial charge is 0.487 e. The van der Waals surface area contributed by atoms with Crippen molar-refractivity contribution in [1.82, 2.24) is 15.0 Å². The summed E-state index contributed by atoms with van der Waals surface area (Å²) in [6.45, 7) is 6.28. The first-order chi connectivity index (χ1) is 17.9. The van der Waals surface area contributed by atoms with Gasteiger partial charge in [-0.1, -0.05) is 17.7 Å². The number of methoxy groups -OCH3 is 1. The van der Waals surface area contributed by atoms with Crippen molar-refractivity contribution in [2.45, 2.75) is 52.6 Å². The van der Waals surface area contributed by atoms with E-state index >= 15 is 0 Å². The summed E-state index contributed by atoms with van der Waals surface area (Å²) in [6, 6.07) is 9.35. The number of pyridine rings is 1. The first-order valence-corrected chi connectivity index (χ1v) is 12.5. The molecule has 0 N–H and O–H groups in total. The molecule has 4 rings (SSSR count). The quantitative estimate of drug-likeness (QED) is 0.290. The monoisotopic (exact) mass is 505 g/mol. The maximum atomic E-state index is 14.6. The fourth-order valence-electron chi connectivity index (χ4n) is 4.25. The highest BCUT2D eigenvalue weighted by atomic mass is 19.1. The van der Waals surface area contributed by atoms with Gasteiger partial charge in [-0.05, 0) is 69.2 Å². The molecule has 1 aromatic carbocycles. The van der Waals surface area contributed by atoms with E-state index in [0.29, 0.717) is 47.7 Å². The first-order valence-electron chi connectivity index (χ1n) is 12.5. The summed E-state index contributed by atoms with van der Waals surface area (Å²) in [5.41, 5.74) is 3.87. The zero-order chi connectivity index (χ0) is 26.4. The van der Waals surface area contributed by atoms with E-state index in [-0.39, 0.29) is 24.1 Å². The number of nitrogens with zero attached hydrogens (tertiary/aromatic N) is 3. The number of allylic oxidation sites excluding steroid dienone is 1. The van der Waals surface area contributed by atoms with Gasteiger partial charge in [0.1, 0.15) is 12.4 Å². The first kappa shape index (κ1) is 26.3. The maximum absolute atomic E-state index is 14.6. The van der Waals surface area contributed by atoms with Gasteiger partial charge in [0, 0.05) is 11.6 Å². The molecular weight excluding hydrogens is 473 g/mol. The average Bonchev–Trinajstić information content (AvgIpc) is 3.72. The number of halogens is 1. The minimum absolute atomic E-state index is 0.123. The van der Waals surface area contributed by atoms with Crippen molar-refractivity contribution in [1.29, 1.82) is 0 Å². The third-order valence-corrected chi connectivity index (χ3v) is 6.13. The lowest BCUT2D eigenvalue weighted by molar-refractivity contribution is -0.143. The minimum Gasteiger partial charge on any atom is -0.487 e. The topological polar surface area (TPSA) is 83.4 Å². The highest BCUT2D eigenvalue weighted by Gasteiger charge is 2.34. The molecule has 2 aromatic heterocycles. The summed E-state index contributed by atoms with van der Waals surface area (Å²) in [5, 5.41) is 0. The van der Waals surface area contributed by atoms with Crippen molar-refractivity contribution < 1.29 is 23.4 Å². The zero-order valence-corrected chi connectivity index (χ0v) is 21.7. The summed E-state index contributed by atoms with van der Waals surface area (Å²) in [4.78, 5) is 25.3. The predicted molar refractivity (Wildman–Crippen MR) is 139 cm³/mol. The third-order valence-electron chi connectivity index (χ3n) is 6.13. The van der Waals surface area contributed by atoms with E-state index in [0.717, 1.165) is 30.2 Å². The van der Waals surface area contributed by atoms with E-state index < -0.39 is 5.82 Å². The Bertz CT molecular complexity index is 1290. The highest BCUT2D eigenvalue weighted by Crippen LogP contribution is 2.45. The normalized spacial score (nSPS) is 13.5. The Balaban J connectivity index is 1.54. The summed E-state index contributed by atoms with van der Waals surface area (Å²) in [5.74, 6) is 0.922. The minimum atomic E-state index is -0.507. The van der Waals surface area contributed by atoms with Crippen LogP contribution in [0.25, 0.3) is 17.3 Å². The summed E-state index contributed by atoms with van der Waals surface area (Å²) in [6.07, 6.45) is 7.17. The van der Waals surface area contributed by atoms with Crippen molar-refractivity contribution in [3.63, 3.8) is 0 Å². The van der Waals surface area contributed by atoms with Gasteiger partial charge in [0.2, 0.25) is 5.88 Å². The lowest BCUT2D eigenvalue weighted by Crippen LogP contribution is -2.12. The van der Waals surface area contributed by atoms with Crippen LogP contribution in [-0.2, 0) is 16.1 Å². The van der Waals surface area contributed by atoms with Gasteiger partial charge >= 0.3 is 5.97 Å². The zero-order valence-electron chi connectivity index (χ0n) is 21.7. The van der Waals surface area contributed by atoms with Gasteiger partial charge in [0.05, 0.1) is 49.6 Å². The van der Waals surface area contributed by atoms with Gasteiger partial charge in [0.15, 0.2) is 5.82 Å². The van der Waals surface area contributed by atoms with E-state index in [1.54, 1.807) is 6.20 Å². The molecule has 0 amide bonds. The molecule has 194 valence electrons. The number of carbonyl (C=O) groups excluding carboxylic acids is 1. The third kappa shape index (κ3) is 6.90. The van der Waals surface area contributed by atoms with Crippen LogP contribution in [0.5, 0.6) is 11.6 Å². The average molecular weight is 506 g/mol. The van der Waals surface area contributed by atoms with E-state index in [1.807, 2.05) is 51.1 Å². The molecule has 0 spiro atoms. The number of carbonyl (C=O) groups is 1. The van der Waals surface area contributed by atoms with Crippen LogP contribution in [0.1, 0.15) is 62.9 Å². The van der Waals surface area contributed by atoms with Crippen molar-refractivity contribution in [3.05, 3.63) is 71.1 Å². The molecule has 0 bridgehead atoms. The second kappa shape index (κ2) is 12.0. The molecule has 0 saturated heterocycles. The fourth-order valence-corrected chi connectivity index (χ4v) is 4.25. The second-order valence-corrected chi connectivity index (χ2v) is 9.34. The Kier molecular flexibility index (Phi) is 8.48. The molecular formula is C29H32FN3O4. The molecule has 37 heavy (non-hydrogen) atoms. The molecule has 0 aliphatic heterocycles. The fraction of sp³-hybridized carbons (Fsp3) is 0.379. The van der Waals surface area contributed by atoms with Crippen LogP contribution < -0.4 is 9.47 Å². The highest BCUT2D eigenvalue weighted by molar-refractivity contribution is 5.71. The van der Waals surface area contributed by atoms with Crippen molar-refractivity contribution >= 4 is 12.0 Å². The maximum Gasteiger partial charge on any atom is 0.306 e. The SMILES string of the molecule is CCOC(=O)CC(c1cccc(OCc2cnc(-c3cc(OC)ncc3F)c(C=C(C)C)n2)c1)C1CC1. The van der Waals surface area contributed by atoms with Crippen LogP contribution in [0, 0.1) is 11.7 Å². The van der Waals surface area contributed by atoms with Crippen LogP contribution >= 0.6 is 0 Å². The Hall–Kier alpha value is -3.81. The number of ether oxygens (including phenoxy) is 3. The van der Waals surface area contributed by atoms with Crippen molar-refractivity contribution in [3.8, 4) is 22.9 Å². The van der Waals surface area contributed by atoms with Gasteiger partial charge in [0.25, 0.3) is 0 Å². The Morgan fingerprint density at radius 3 is 2.70 bits per heavy atom. The van der Waals surface area contributed by atoms with Crippen LogP contribution in [0.3, 0.4) is 0 Å². The van der Waals surface area contributed by atoms with Gasteiger partial charge in [-0.15, -0.1) is 0 Å². The van der Waals surface area contributed by atoms with Crippen LogP contribution in [-0.4, -0.2) is 34.6 Å². The van der Waals surface area contributed by atoms with Gasteiger partial charge in [-0.25, -0.2) is 14.4 Å². The van der Waals surface area contributed by atoms with Gasteiger partial charge in [-0.2, -0.15) is 0 Å². The molecule has 3 aromatic rings. The Labute approximate surface area is 216 Å². The molecule has 1 fully saturated rings. The predicted octanol–water partition coefficient (Wildman–Crippen LogP) is 6.14. The number of hydrogen-bond acceptors (Lipinski definition) is 7. The number of rotatable bonds is 11. The van der Waals surface area contributed by atoms with Crippen molar-refractivity contribution in [2.24, 2.45) is 5.92 Å². The molecule has 1 unspecified atom stereocenters.